The van der Waals surface area contributed by atoms with Gasteiger partial charge < -0.3 is 5.11 Å². The van der Waals surface area contributed by atoms with E-state index >= 15 is 0 Å². The van der Waals surface area contributed by atoms with Gasteiger partial charge in [0.25, 0.3) is 0 Å². The van der Waals surface area contributed by atoms with Crippen LogP contribution in [0.5, 0.6) is 0 Å². The maximum absolute atomic E-state index is 11.0. The first kappa shape index (κ1) is 13.8. The van der Waals surface area contributed by atoms with E-state index in [2.05, 4.69) is 23.0 Å². The second-order valence-electron chi connectivity index (χ2n) is 5.31. The van der Waals surface area contributed by atoms with Crippen LogP contribution in [0.1, 0.15) is 35.2 Å². The van der Waals surface area contributed by atoms with E-state index in [1.165, 1.54) is 5.56 Å². The molecule has 2 unspecified atom stereocenters. The lowest BCUT2D eigenvalue weighted by Gasteiger charge is -2.14. The molecule has 2 aromatic carbocycles. The van der Waals surface area contributed by atoms with Gasteiger partial charge >= 0.3 is 5.97 Å². The number of hydrazine groups is 1. The van der Waals surface area contributed by atoms with Gasteiger partial charge in [0.05, 0.1) is 6.42 Å². The third kappa shape index (κ3) is 3.12. The number of hydrogen-bond donors (Lipinski definition) is 3. The van der Waals surface area contributed by atoms with Gasteiger partial charge in [-0.3, -0.25) is 4.79 Å². The predicted octanol–water partition coefficient (Wildman–Crippen LogP) is 2.59. The van der Waals surface area contributed by atoms with Crippen molar-refractivity contribution in [3.63, 3.8) is 0 Å². The van der Waals surface area contributed by atoms with Crippen LogP contribution in [0.2, 0.25) is 0 Å². The van der Waals surface area contributed by atoms with Gasteiger partial charge in [0.2, 0.25) is 0 Å². The van der Waals surface area contributed by atoms with E-state index in [1.807, 2.05) is 42.5 Å². The first-order valence-corrected chi connectivity index (χ1v) is 7.09. The molecule has 0 radical (unpaired) electrons. The minimum atomic E-state index is -0.798. The van der Waals surface area contributed by atoms with Crippen molar-refractivity contribution < 1.29 is 9.90 Å². The summed E-state index contributed by atoms with van der Waals surface area (Å²) in [5.41, 5.74) is 9.77. The molecule has 0 saturated carbocycles. The second-order valence-corrected chi connectivity index (χ2v) is 5.31. The van der Waals surface area contributed by atoms with Crippen LogP contribution in [-0.4, -0.2) is 11.1 Å². The highest BCUT2D eigenvalue weighted by molar-refractivity contribution is 5.70. The molecule has 2 aromatic rings. The molecule has 21 heavy (non-hydrogen) atoms. The SMILES string of the molecule is O=C(O)Cc1ccccc1C1CC(c2ccccc2)NN1. The molecule has 108 valence electrons. The van der Waals surface area contributed by atoms with Gasteiger partial charge in [-0.15, -0.1) is 0 Å². The number of carboxylic acids is 1. The van der Waals surface area contributed by atoms with E-state index in [1.54, 1.807) is 0 Å². The standard InChI is InChI=1S/C17H18N2O2/c20-17(21)10-13-8-4-5-9-14(13)16-11-15(18-19-16)12-6-2-1-3-7-12/h1-9,15-16,18-19H,10-11H2,(H,20,21). The van der Waals surface area contributed by atoms with Crippen molar-refractivity contribution in [2.75, 3.05) is 0 Å². The summed E-state index contributed by atoms with van der Waals surface area (Å²) >= 11 is 0. The van der Waals surface area contributed by atoms with Crippen molar-refractivity contribution in [1.82, 2.24) is 10.9 Å². The zero-order valence-corrected chi connectivity index (χ0v) is 11.6. The zero-order valence-electron chi connectivity index (χ0n) is 11.6. The van der Waals surface area contributed by atoms with Crippen LogP contribution in [0.15, 0.2) is 54.6 Å². The molecule has 1 aliphatic heterocycles. The zero-order chi connectivity index (χ0) is 14.7. The number of benzene rings is 2. The predicted molar refractivity (Wildman–Crippen MR) is 80.6 cm³/mol. The Hall–Kier alpha value is -2.17. The van der Waals surface area contributed by atoms with Crippen LogP contribution in [0.3, 0.4) is 0 Å². The molecule has 0 aromatic heterocycles. The van der Waals surface area contributed by atoms with Crippen LogP contribution in [-0.2, 0) is 11.2 Å². The summed E-state index contributed by atoms with van der Waals surface area (Å²) in [5, 5.41) is 9.03. The minimum absolute atomic E-state index is 0.0599. The molecule has 1 aliphatic rings. The van der Waals surface area contributed by atoms with Gasteiger partial charge in [-0.2, -0.15) is 0 Å². The van der Waals surface area contributed by atoms with Crippen LogP contribution < -0.4 is 10.9 Å². The van der Waals surface area contributed by atoms with Crippen molar-refractivity contribution in [2.24, 2.45) is 0 Å². The summed E-state index contributed by atoms with van der Waals surface area (Å²) in [4.78, 5) is 11.0. The number of carbonyl (C=O) groups is 1. The molecule has 0 bridgehead atoms. The second kappa shape index (κ2) is 6.08. The van der Waals surface area contributed by atoms with Crippen molar-refractivity contribution in [3.8, 4) is 0 Å². The highest BCUT2D eigenvalue weighted by Gasteiger charge is 2.27. The summed E-state index contributed by atoms with van der Waals surface area (Å²) in [7, 11) is 0. The summed E-state index contributed by atoms with van der Waals surface area (Å²) in [5.74, 6) is -0.798. The van der Waals surface area contributed by atoms with Crippen LogP contribution >= 0.6 is 0 Å². The molecule has 1 heterocycles. The molecule has 2 atom stereocenters. The van der Waals surface area contributed by atoms with Gasteiger partial charge in [0.15, 0.2) is 0 Å². The van der Waals surface area contributed by atoms with Crippen molar-refractivity contribution in [1.29, 1.82) is 0 Å². The molecular formula is C17H18N2O2. The van der Waals surface area contributed by atoms with Gasteiger partial charge in [0.1, 0.15) is 0 Å². The molecule has 4 nitrogen and oxygen atoms in total. The molecular weight excluding hydrogens is 264 g/mol. The highest BCUT2D eigenvalue weighted by atomic mass is 16.4. The van der Waals surface area contributed by atoms with Crippen molar-refractivity contribution in [2.45, 2.75) is 24.9 Å². The number of nitrogens with one attached hydrogen (secondary N) is 2. The molecule has 0 amide bonds. The molecule has 1 saturated heterocycles. The van der Waals surface area contributed by atoms with E-state index in [0.29, 0.717) is 0 Å². The summed E-state index contributed by atoms with van der Waals surface area (Å²) in [6.07, 6.45) is 0.963. The first-order chi connectivity index (χ1) is 10.2. The van der Waals surface area contributed by atoms with Gasteiger partial charge in [0, 0.05) is 12.1 Å². The van der Waals surface area contributed by atoms with Crippen LogP contribution in [0, 0.1) is 0 Å². The molecule has 4 heteroatoms. The fourth-order valence-electron chi connectivity index (χ4n) is 2.86. The van der Waals surface area contributed by atoms with Crippen LogP contribution in [0.25, 0.3) is 0 Å². The lowest BCUT2D eigenvalue weighted by Crippen LogP contribution is -2.27. The first-order valence-electron chi connectivity index (χ1n) is 7.09. The van der Waals surface area contributed by atoms with E-state index < -0.39 is 5.97 Å². The fraction of sp³-hybridized carbons (Fsp3) is 0.235. The molecule has 0 aliphatic carbocycles. The Kier molecular flexibility index (Phi) is 3.99. The van der Waals surface area contributed by atoms with E-state index in [9.17, 15) is 4.79 Å². The smallest absolute Gasteiger partial charge is 0.307 e. The topological polar surface area (TPSA) is 61.4 Å². The van der Waals surface area contributed by atoms with E-state index in [0.717, 1.165) is 17.5 Å². The minimum Gasteiger partial charge on any atom is -0.481 e. The third-order valence-electron chi connectivity index (χ3n) is 3.88. The Morgan fingerprint density at radius 3 is 2.43 bits per heavy atom. The highest BCUT2D eigenvalue weighted by Crippen LogP contribution is 2.32. The Bertz CT molecular complexity index is 628. The normalized spacial score (nSPS) is 21.3. The summed E-state index contributed by atoms with van der Waals surface area (Å²) in [6.45, 7) is 0. The monoisotopic (exact) mass is 282 g/mol. The third-order valence-corrected chi connectivity index (χ3v) is 3.88. The van der Waals surface area contributed by atoms with E-state index in [-0.39, 0.29) is 18.5 Å². The summed E-state index contributed by atoms with van der Waals surface area (Å²) < 4.78 is 0. The quantitative estimate of drug-likeness (QED) is 0.806. The van der Waals surface area contributed by atoms with Crippen molar-refractivity contribution in [3.05, 3.63) is 71.3 Å². The lowest BCUT2D eigenvalue weighted by molar-refractivity contribution is -0.136. The van der Waals surface area contributed by atoms with Crippen LogP contribution in [0.4, 0.5) is 0 Å². The Morgan fingerprint density at radius 2 is 1.67 bits per heavy atom. The van der Waals surface area contributed by atoms with Crippen molar-refractivity contribution >= 4 is 5.97 Å². The Morgan fingerprint density at radius 1 is 1.00 bits per heavy atom. The maximum atomic E-state index is 11.0. The average molecular weight is 282 g/mol. The van der Waals surface area contributed by atoms with Gasteiger partial charge in [-0.25, -0.2) is 10.9 Å². The maximum Gasteiger partial charge on any atom is 0.307 e. The number of carboxylic acid groups (broad SMARTS) is 1. The lowest BCUT2D eigenvalue weighted by atomic mass is 9.93. The summed E-state index contributed by atoms with van der Waals surface area (Å²) in [6, 6.07) is 18.4. The van der Waals surface area contributed by atoms with Gasteiger partial charge in [-0.05, 0) is 23.1 Å². The molecule has 0 spiro atoms. The number of hydrogen-bond acceptors (Lipinski definition) is 3. The average Bonchev–Trinajstić information content (AvgIpc) is 2.98. The van der Waals surface area contributed by atoms with E-state index in [4.69, 9.17) is 5.11 Å². The number of rotatable bonds is 4. The van der Waals surface area contributed by atoms with Gasteiger partial charge in [-0.1, -0.05) is 54.6 Å². The Balaban J connectivity index is 1.79. The largest absolute Gasteiger partial charge is 0.481 e. The molecule has 3 N–H and O–H groups in total. The molecule has 1 fully saturated rings. The number of aliphatic carboxylic acids is 1. The Labute approximate surface area is 123 Å². The molecule has 3 rings (SSSR count). The fourth-order valence-corrected chi connectivity index (χ4v) is 2.86.